The third kappa shape index (κ3) is 5.78. The maximum atomic E-state index is 13.3. The average Bonchev–Trinajstić information content (AvgIpc) is 3.32. The van der Waals surface area contributed by atoms with Gasteiger partial charge in [0, 0.05) is 44.8 Å². The van der Waals surface area contributed by atoms with Crippen LogP contribution in [-0.4, -0.2) is 64.5 Å². The number of hydrogen-bond acceptors (Lipinski definition) is 8. The van der Waals surface area contributed by atoms with Crippen LogP contribution in [0.3, 0.4) is 0 Å². The summed E-state index contributed by atoms with van der Waals surface area (Å²) in [6.07, 6.45) is 5.88. The van der Waals surface area contributed by atoms with E-state index < -0.39 is 21.9 Å². The lowest BCUT2D eigenvalue weighted by Gasteiger charge is -2.16. The molecular formula is C24H23FN6O5S. The Morgan fingerprint density at radius 3 is 2.51 bits per heavy atom. The first-order valence-corrected chi connectivity index (χ1v) is 12.5. The Kier molecular flexibility index (Phi) is 7.55. The fourth-order valence-corrected chi connectivity index (χ4v) is 4.51. The number of hydrogen-bond donors (Lipinski definition) is 1. The number of benzene rings is 1. The minimum absolute atomic E-state index is 0.0152. The summed E-state index contributed by atoms with van der Waals surface area (Å²) in [4.78, 5) is 31.9. The lowest BCUT2D eigenvalue weighted by atomic mass is 10.1. The van der Waals surface area contributed by atoms with E-state index in [4.69, 9.17) is 4.74 Å². The van der Waals surface area contributed by atoms with Crippen LogP contribution >= 0.6 is 0 Å². The van der Waals surface area contributed by atoms with Crippen molar-refractivity contribution in [3.8, 4) is 5.69 Å². The van der Waals surface area contributed by atoms with Crippen LogP contribution in [0.25, 0.3) is 16.6 Å². The molecule has 0 fully saturated rings. The third-order valence-corrected chi connectivity index (χ3v) is 7.22. The second-order valence-electron chi connectivity index (χ2n) is 8.01. The molecule has 0 unspecified atom stereocenters. The summed E-state index contributed by atoms with van der Waals surface area (Å²) < 4.78 is 45.9. The SMILES string of the molecule is CC(=O)OCCN(C)S(=O)(=O)c1ccc(CNC(=O)c2cncc3c2cnn3-c2ccc(F)cc2)cn1. The number of carbonyl (C=O) groups excluding carboxylic acids is 2. The molecule has 0 atom stereocenters. The van der Waals surface area contributed by atoms with E-state index in [1.54, 1.807) is 29.1 Å². The highest BCUT2D eigenvalue weighted by atomic mass is 32.2. The van der Waals surface area contributed by atoms with Gasteiger partial charge < -0.3 is 10.1 Å². The van der Waals surface area contributed by atoms with Crippen LogP contribution in [0.2, 0.25) is 0 Å². The van der Waals surface area contributed by atoms with Gasteiger partial charge in [-0.05, 0) is 35.9 Å². The first kappa shape index (κ1) is 25.9. The van der Waals surface area contributed by atoms with Crippen LogP contribution < -0.4 is 5.32 Å². The summed E-state index contributed by atoms with van der Waals surface area (Å²) in [6.45, 7) is 1.25. The van der Waals surface area contributed by atoms with Gasteiger partial charge in [-0.3, -0.25) is 14.6 Å². The van der Waals surface area contributed by atoms with Crippen molar-refractivity contribution in [3.05, 3.63) is 78.1 Å². The molecule has 4 aromatic rings. The summed E-state index contributed by atoms with van der Waals surface area (Å²) in [7, 11) is -2.51. The standard InChI is InChI=1S/C24H23FN6O5S/c1-16(32)36-10-9-30(2)37(34,35)23-8-3-17(11-27-23)12-28-24(33)21-13-26-15-22-20(21)14-29-31(22)19-6-4-18(25)5-7-19/h3-8,11,13-15H,9-10,12H2,1-2H3,(H,28,33). The summed E-state index contributed by atoms with van der Waals surface area (Å²) in [6, 6.07) is 8.67. The van der Waals surface area contributed by atoms with Gasteiger partial charge in [-0.15, -0.1) is 0 Å². The molecule has 11 nitrogen and oxygen atoms in total. The van der Waals surface area contributed by atoms with Crippen molar-refractivity contribution in [2.45, 2.75) is 18.5 Å². The largest absolute Gasteiger partial charge is 0.464 e. The van der Waals surface area contributed by atoms with Crippen LogP contribution in [0.1, 0.15) is 22.8 Å². The van der Waals surface area contributed by atoms with Crippen molar-refractivity contribution in [1.82, 2.24) is 29.4 Å². The van der Waals surface area contributed by atoms with Crippen molar-refractivity contribution >= 4 is 32.8 Å². The van der Waals surface area contributed by atoms with Crippen LogP contribution in [0.5, 0.6) is 0 Å². The summed E-state index contributed by atoms with van der Waals surface area (Å²) >= 11 is 0. The van der Waals surface area contributed by atoms with Crippen LogP contribution in [-0.2, 0) is 26.1 Å². The number of rotatable bonds is 9. The molecule has 1 N–H and O–H groups in total. The molecule has 0 aliphatic rings. The van der Waals surface area contributed by atoms with Crippen LogP contribution in [0.4, 0.5) is 4.39 Å². The van der Waals surface area contributed by atoms with Crippen LogP contribution in [0, 0.1) is 5.82 Å². The molecule has 13 heteroatoms. The third-order valence-electron chi connectivity index (χ3n) is 5.45. The molecule has 192 valence electrons. The van der Waals surface area contributed by atoms with Crippen molar-refractivity contribution in [1.29, 1.82) is 0 Å². The molecule has 37 heavy (non-hydrogen) atoms. The van der Waals surface area contributed by atoms with Gasteiger partial charge in [0.15, 0.2) is 5.03 Å². The molecular weight excluding hydrogens is 503 g/mol. The van der Waals surface area contributed by atoms with E-state index in [0.29, 0.717) is 27.7 Å². The fraction of sp³-hybridized carbons (Fsp3) is 0.208. The number of fused-ring (bicyclic) bond motifs is 1. The van der Waals surface area contributed by atoms with E-state index in [1.165, 1.54) is 50.8 Å². The molecule has 1 aromatic carbocycles. The topological polar surface area (TPSA) is 136 Å². The molecule has 0 spiro atoms. The van der Waals surface area contributed by atoms with Gasteiger partial charge in [-0.2, -0.15) is 9.40 Å². The molecule has 0 saturated heterocycles. The lowest BCUT2D eigenvalue weighted by Crippen LogP contribution is -2.31. The molecule has 4 rings (SSSR count). The molecule has 3 aromatic heterocycles. The van der Waals surface area contributed by atoms with Gasteiger partial charge in [-0.25, -0.2) is 22.5 Å². The second kappa shape index (κ2) is 10.8. The Labute approximate surface area is 212 Å². The van der Waals surface area contributed by atoms with E-state index in [9.17, 15) is 22.4 Å². The zero-order chi connectivity index (χ0) is 26.6. The maximum absolute atomic E-state index is 13.3. The predicted molar refractivity (Wildman–Crippen MR) is 131 cm³/mol. The zero-order valence-electron chi connectivity index (χ0n) is 20.0. The first-order valence-electron chi connectivity index (χ1n) is 11.1. The summed E-state index contributed by atoms with van der Waals surface area (Å²) in [5, 5.41) is 7.47. The van der Waals surface area contributed by atoms with Crippen molar-refractivity contribution in [2.24, 2.45) is 0 Å². The Hall–Kier alpha value is -4.23. The van der Waals surface area contributed by atoms with Crippen molar-refractivity contribution in [2.75, 3.05) is 20.2 Å². The predicted octanol–water partition coefficient (Wildman–Crippen LogP) is 2.07. The monoisotopic (exact) mass is 526 g/mol. The molecule has 0 radical (unpaired) electrons. The smallest absolute Gasteiger partial charge is 0.302 e. The molecule has 0 saturated carbocycles. The van der Waals surface area contributed by atoms with Gasteiger partial charge in [0.25, 0.3) is 15.9 Å². The highest BCUT2D eigenvalue weighted by Crippen LogP contribution is 2.21. The summed E-state index contributed by atoms with van der Waals surface area (Å²) in [5.74, 6) is -1.27. The summed E-state index contributed by atoms with van der Waals surface area (Å²) in [5.41, 5.74) is 2.08. The Morgan fingerprint density at radius 1 is 1.08 bits per heavy atom. The number of amides is 1. The molecule has 0 aliphatic heterocycles. The molecule has 1 amide bonds. The lowest BCUT2D eigenvalue weighted by molar-refractivity contribution is -0.141. The Balaban J connectivity index is 1.43. The number of ether oxygens (including phenoxy) is 1. The molecule has 0 aliphatic carbocycles. The highest BCUT2D eigenvalue weighted by molar-refractivity contribution is 7.89. The zero-order valence-corrected chi connectivity index (χ0v) is 20.8. The number of sulfonamides is 1. The van der Waals surface area contributed by atoms with Gasteiger partial charge in [0.1, 0.15) is 12.4 Å². The van der Waals surface area contributed by atoms with Crippen LogP contribution in [0.15, 0.2) is 66.2 Å². The van der Waals surface area contributed by atoms with Gasteiger partial charge in [-0.1, -0.05) is 6.07 Å². The number of aromatic nitrogens is 4. The van der Waals surface area contributed by atoms with Crippen molar-refractivity contribution < 1.29 is 27.1 Å². The van der Waals surface area contributed by atoms with E-state index in [-0.39, 0.29) is 30.5 Å². The van der Waals surface area contributed by atoms with E-state index in [2.05, 4.69) is 20.4 Å². The Bertz CT molecular complexity index is 1540. The second-order valence-corrected chi connectivity index (χ2v) is 10.00. The Morgan fingerprint density at radius 2 is 1.84 bits per heavy atom. The first-order chi connectivity index (χ1) is 17.7. The number of pyridine rings is 2. The average molecular weight is 527 g/mol. The van der Waals surface area contributed by atoms with E-state index in [1.807, 2.05) is 0 Å². The van der Waals surface area contributed by atoms with Crippen molar-refractivity contribution in [3.63, 3.8) is 0 Å². The minimum Gasteiger partial charge on any atom is -0.464 e. The van der Waals surface area contributed by atoms with E-state index >= 15 is 0 Å². The normalized spacial score (nSPS) is 11.6. The number of nitrogens with one attached hydrogen (secondary N) is 1. The fourth-order valence-electron chi connectivity index (χ4n) is 3.45. The van der Waals surface area contributed by atoms with E-state index in [0.717, 1.165) is 4.31 Å². The number of nitrogens with zero attached hydrogens (tertiary/aromatic N) is 5. The minimum atomic E-state index is -3.87. The highest BCUT2D eigenvalue weighted by Gasteiger charge is 2.22. The number of esters is 1. The number of likely N-dealkylation sites (N-methyl/N-ethyl adjacent to an activating group) is 1. The number of halogens is 1. The molecule has 0 bridgehead atoms. The van der Waals surface area contributed by atoms with Gasteiger partial charge in [0.2, 0.25) is 0 Å². The quantitative estimate of drug-likeness (QED) is 0.327. The molecule has 3 heterocycles. The number of carbonyl (C=O) groups is 2. The maximum Gasteiger partial charge on any atom is 0.302 e. The van der Waals surface area contributed by atoms with Gasteiger partial charge in [0.05, 0.1) is 29.2 Å². The van der Waals surface area contributed by atoms with Gasteiger partial charge >= 0.3 is 5.97 Å².